The number of aromatic nitrogens is 1. The normalized spacial score (nSPS) is 25.3. The van der Waals surface area contributed by atoms with Crippen LogP contribution in [0.4, 0.5) is 18.0 Å². The molecule has 1 amide bonds. The summed E-state index contributed by atoms with van der Waals surface area (Å²) in [6.07, 6.45) is -4.05. The molecule has 2 atom stereocenters. The van der Waals surface area contributed by atoms with Crippen LogP contribution in [0.15, 0.2) is 42.6 Å². The summed E-state index contributed by atoms with van der Waals surface area (Å²) >= 11 is 0. The van der Waals surface area contributed by atoms with E-state index in [2.05, 4.69) is 4.98 Å². The van der Waals surface area contributed by atoms with Crippen LogP contribution in [-0.2, 0) is 27.9 Å². The Bertz CT molecular complexity index is 956. The molecule has 1 aromatic heterocycles. The standard InChI is InChI=1S/C22H23F3N2O5/c1-30-19-18(22(23,24)25)7-15(10-26-19)21(29)8-16-12-31-13-17(9-21)27(16)20(28)32-11-14-5-3-2-4-6-14/h2-7,10,16-17,29H,8-9,11-13H2,1H3. The van der Waals surface area contributed by atoms with E-state index < -0.39 is 41.4 Å². The first-order valence-electron chi connectivity index (χ1n) is 10.1. The van der Waals surface area contributed by atoms with Gasteiger partial charge in [-0.3, -0.25) is 4.90 Å². The number of carbonyl (C=O) groups excluding carboxylic acids is 1. The monoisotopic (exact) mass is 452 g/mol. The van der Waals surface area contributed by atoms with Gasteiger partial charge in [-0.2, -0.15) is 13.2 Å². The summed E-state index contributed by atoms with van der Waals surface area (Å²) in [6, 6.07) is 8.97. The van der Waals surface area contributed by atoms with Crippen LogP contribution >= 0.6 is 0 Å². The second-order valence-corrected chi connectivity index (χ2v) is 8.01. The Morgan fingerprint density at radius 3 is 2.50 bits per heavy atom. The summed E-state index contributed by atoms with van der Waals surface area (Å²) in [5.41, 5.74) is -1.80. The smallest absolute Gasteiger partial charge is 0.421 e. The van der Waals surface area contributed by atoms with E-state index >= 15 is 0 Å². The number of aliphatic hydroxyl groups is 1. The molecule has 32 heavy (non-hydrogen) atoms. The highest BCUT2D eigenvalue weighted by Crippen LogP contribution is 2.44. The Labute approximate surface area is 182 Å². The second-order valence-electron chi connectivity index (χ2n) is 8.01. The van der Waals surface area contributed by atoms with Crippen molar-refractivity contribution >= 4 is 6.09 Å². The molecule has 2 aliphatic rings. The number of hydrogen-bond donors (Lipinski definition) is 1. The number of amides is 1. The van der Waals surface area contributed by atoms with Crippen molar-refractivity contribution in [3.63, 3.8) is 0 Å². The number of fused-ring (bicyclic) bond motifs is 2. The van der Waals surface area contributed by atoms with E-state index in [-0.39, 0.29) is 38.2 Å². The lowest BCUT2D eigenvalue weighted by atomic mass is 9.77. The number of morpholine rings is 1. The van der Waals surface area contributed by atoms with Crippen LogP contribution < -0.4 is 4.74 Å². The molecule has 2 fully saturated rings. The average Bonchev–Trinajstić information content (AvgIpc) is 2.76. The summed E-state index contributed by atoms with van der Waals surface area (Å²) in [4.78, 5) is 18.1. The predicted octanol–water partition coefficient (Wildman–Crippen LogP) is 3.50. The zero-order valence-corrected chi connectivity index (χ0v) is 17.3. The largest absolute Gasteiger partial charge is 0.481 e. The molecule has 172 valence electrons. The average molecular weight is 452 g/mol. The number of hydrogen-bond acceptors (Lipinski definition) is 6. The molecule has 3 heterocycles. The van der Waals surface area contributed by atoms with Crippen LogP contribution in [0.3, 0.4) is 0 Å². The molecule has 0 aliphatic carbocycles. The van der Waals surface area contributed by atoms with Crippen molar-refractivity contribution in [2.45, 2.75) is 43.3 Å². The molecule has 2 saturated heterocycles. The third-order valence-electron chi connectivity index (χ3n) is 5.86. The van der Waals surface area contributed by atoms with Crippen molar-refractivity contribution < 1.29 is 37.3 Å². The lowest BCUT2D eigenvalue weighted by Crippen LogP contribution is -2.62. The highest BCUT2D eigenvalue weighted by molar-refractivity contribution is 5.69. The number of ether oxygens (including phenoxy) is 3. The topological polar surface area (TPSA) is 81.1 Å². The van der Waals surface area contributed by atoms with Crippen molar-refractivity contribution in [1.82, 2.24) is 9.88 Å². The molecule has 10 heteroatoms. The minimum Gasteiger partial charge on any atom is -0.481 e. The van der Waals surface area contributed by atoms with E-state index in [1.54, 1.807) is 0 Å². The van der Waals surface area contributed by atoms with Crippen molar-refractivity contribution in [1.29, 1.82) is 0 Å². The minimum atomic E-state index is -4.69. The molecular formula is C22H23F3N2O5. The third-order valence-corrected chi connectivity index (χ3v) is 5.86. The summed E-state index contributed by atoms with van der Waals surface area (Å²) < 4.78 is 56.0. The number of halogens is 3. The highest BCUT2D eigenvalue weighted by atomic mass is 19.4. The van der Waals surface area contributed by atoms with Crippen LogP contribution in [0.25, 0.3) is 0 Å². The number of rotatable bonds is 4. The molecular weight excluding hydrogens is 429 g/mol. The van der Waals surface area contributed by atoms with Gasteiger partial charge in [-0.15, -0.1) is 0 Å². The number of piperidine rings is 1. The Hall–Kier alpha value is -2.85. The predicted molar refractivity (Wildman–Crippen MR) is 106 cm³/mol. The molecule has 7 nitrogen and oxygen atoms in total. The molecule has 2 bridgehead atoms. The van der Waals surface area contributed by atoms with Gasteiger partial charge >= 0.3 is 12.3 Å². The maximum absolute atomic E-state index is 13.4. The number of pyridine rings is 1. The number of methoxy groups -OCH3 is 1. The summed E-state index contributed by atoms with van der Waals surface area (Å²) in [7, 11) is 1.10. The van der Waals surface area contributed by atoms with E-state index in [1.165, 1.54) is 11.1 Å². The van der Waals surface area contributed by atoms with E-state index in [0.29, 0.717) is 0 Å². The fourth-order valence-electron chi connectivity index (χ4n) is 4.38. The van der Waals surface area contributed by atoms with Gasteiger partial charge in [0.2, 0.25) is 5.88 Å². The molecule has 1 N–H and O–H groups in total. The lowest BCUT2D eigenvalue weighted by molar-refractivity contribution is -0.141. The molecule has 2 unspecified atom stereocenters. The second kappa shape index (κ2) is 8.59. The zero-order chi connectivity index (χ0) is 22.9. The zero-order valence-electron chi connectivity index (χ0n) is 17.3. The van der Waals surface area contributed by atoms with Crippen LogP contribution in [0.5, 0.6) is 5.88 Å². The number of alkyl halides is 3. The highest BCUT2D eigenvalue weighted by Gasteiger charge is 2.50. The van der Waals surface area contributed by atoms with Crippen molar-refractivity contribution in [2.24, 2.45) is 0 Å². The SMILES string of the molecule is COc1ncc(C2(O)CC3COCC(C2)N3C(=O)OCc2ccccc2)cc1C(F)(F)F. The quantitative estimate of drug-likeness (QED) is 0.765. The van der Waals surface area contributed by atoms with Crippen LogP contribution in [0.2, 0.25) is 0 Å². The summed E-state index contributed by atoms with van der Waals surface area (Å²) in [5.74, 6) is -0.560. The van der Waals surface area contributed by atoms with Gasteiger partial charge in [0.05, 0.1) is 38.0 Å². The fraction of sp³-hybridized carbons (Fsp3) is 0.455. The molecule has 0 radical (unpaired) electrons. The van der Waals surface area contributed by atoms with Crippen molar-refractivity contribution in [3.05, 3.63) is 59.3 Å². The Balaban J connectivity index is 1.54. The lowest BCUT2D eigenvalue weighted by Gasteiger charge is -2.50. The van der Waals surface area contributed by atoms with Gasteiger partial charge in [-0.25, -0.2) is 9.78 Å². The van der Waals surface area contributed by atoms with Gasteiger partial charge in [-0.05, 0) is 11.6 Å². The molecule has 0 spiro atoms. The molecule has 1 aromatic carbocycles. The molecule has 0 saturated carbocycles. The van der Waals surface area contributed by atoms with Gasteiger partial charge in [0, 0.05) is 24.6 Å². The van der Waals surface area contributed by atoms with Crippen LogP contribution in [-0.4, -0.2) is 53.5 Å². The third kappa shape index (κ3) is 4.37. The van der Waals surface area contributed by atoms with Crippen molar-refractivity contribution in [3.8, 4) is 5.88 Å². The maximum Gasteiger partial charge on any atom is 0.421 e. The van der Waals surface area contributed by atoms with E-state index in [9.17, 15) is 23.1 Å². The molecule has 2 aliphatic heterocycles. The van der Waals surface area contributed by atoms with Crippen LogP contribution in [0.1, 0.15) is 29.5 Å². The molecule has 4 rings (SSSR count). The number of nitrogens with zero attached hydrogens (tertiary/aromatic N) is 2. The van der Waals surface area contributed by atoms with E-state index in [4.69, 9.17) is 14.2 Å². The van der Waals surface area contributed by atoms with Crippen molar-refractivity contribution in [2.75, 3.05) is 20.3 Å². The van der Waals surface area contributed by atoms with Crippen LogP contribution in [0, 0.1) is 0 Å². The Kier molecular flexibility index (Phi) is 6.00. The summed E-state index contributed by atoms with van der Waals surface area (Å²) in [6.45, 7) is 0.391. The van der Waals surface area contributed by atoms with Gasteiger partial charge in [0.1, 0.15) is 12.2 Å². The van der Waals surface area contributed by atoms with E-state index in [1.807, 2.05) is 30.3 Å². The summed E-state index contributed by atoms with van der Waals surface area (Å²) in [5, 5.41) is 11.3. The first kappa shape index (κ1) is 22.3. The fourth-order valence-corrected chi connectivity index (χ4v) is 4.38. The number of benzene rings is 1. The van der Waals surface area contributed by atoms with Gasteiger partial charge in [0.25, 0.3) is 0 Å². The van der Waals surface area contributed by atoms with E-state index in [0.717, 1.165) is 18.7 Å². The first-order valence-corrected chi connectivity index (χ1v) is 10.1. The van der Waals surface area contributed by atoms with Gasteiger partial charge in [-0.1, -0.05) is 30.3 Å². The molecule has 2 aromatic rings. The Morgan fingerprint density at radius 2 is 1.91 bits per heavy atom. The first-order chi connectivity index (χ1) is 15.2. The van der Waals surface area contributed by atoms with Gasteiger partial charge < -0.3 is 19.3 Å². The maximum atomic E-state index is 13.4. The minimum absolute atomic E-state index is 0.00472. The Morgan fingerprint density at radius 1 is 1.25 bits per heavy atom. The van der Waals surface area contributed by atoms with Gasteiger partial charge in [0.15, 0.2) is 0 Å². The number of carbonyl (C=O) groups is 1.